The lowest BCUT2D eigenvalue weighted by atomic mass is 10.1. The molecule has 0 saturated carbocycles. The van der Waals surface area contributed by atoms with Crippen molar-refractivity contribution in [2.45, 2.75) is 33.9 Å². The summed E-state index contributed by atoms with van der Waals surface area (Å²) >= 11 is 0. The number of nitrogens with zero attached hydrogens (tertiary/aromatic N) is 1. The van der Waals surface area contributed by atoms with E-state index >= 15 is 0 Å². The summed E-state index contributed by atoms with van der Waals surface area (Å²) in [7, 11) is 0. The molecule has 1 aliphatic rings. The minimum absolute atomic E-state index is 0.189. The SMILES string of the molecule is Cc1ccc(CN(Cc2ccc3c(c2)OCO3)C(=O)Nc2cccc(C)c2C)o1. The third-order valence-corrected chi connectivity index (χ3v) is 5.09. The van der Waals surface area contributed by atoms with Crippen LogP contribution in [0, 0.1) is 20.8 Å². The third-order valence-electron chi connectivity index (χ3n) is 5.09. The summed E-state index contributed by atoms with van der Waals surface area (Å²) in [6.45, 7) is 6.92. The van der Waals surface area contributed by atoms with Crippen molar-refractivity contribution in [2.24, 2.45) is 0 Å². The first-order chi connectivity index (χ1) is 14.0. The second kappa shape index (κ2) is 7.91. The number of urea groups is 1. The number of carbonyl (C=O) groups is 1. The number of hydrogen-bond acceptors (Lipinski definition) is 4. The second-order valence-electron chi connectivity index (χ2n) is 7.23. The van der Waals surface area contributed by atoms with Gasteiger partial charge < -0.3 is 24.1 Å². The Bertz CT molecular complexity index is 1040. The van der Waals surface area contributed by atoms with Crippen LogP contribution < -0.4 is 14.8 Å². The van der Waals surface area contributed by atoms with Crippen LogP contribution in [0.2, 0.25) is 0 Å². The number of benzene rings is 2. The average Bonchev–Trinajstić information content (AvgIpc) is 3.33. The van der Waals surface area contributed by atoms with Crippen LogP contribution in [0.4, 0.5) is 10.5 Å². The molecule has 0 radical (unpaired) electrons. The molecule has 2 aromatic carbocycles. The van der Waals surface area contributed by atoms with E-state index in [0.717, 1.165) is 39.6 Å². The van der Waals surface area contributed by atoms with Gasteiger partial charge in [-0.15, -0.1) is 0 Å². The van der Waals surface area contributed by atoms with Crippen molar-refractivity contribution in [2.75, 3.05) is 12.1 Å². The largest absolute Gasteiger partial charge is 0.464 e. The minimum atomic E-state index is -0.189. The summed E-state index contributed by atoms with van der Waals surface area (Å²) in [5.41, 5.74) is 3.94. The van der Waals surface area contributed by atoms with E-state index in [0.29, 0.717) is 18.8 Å². The van der Waals surface area contributed by atoms with Gasteiger partial charge in [0.05, 0.1) is 6.54 Å². The molecule has 6 nitrogen and oxygen atoms in total. The highest BCUT2D eigenvalue weighted by Gasteiger charge is 2.20. The van der Waals surface area contributed by atoms with Crippen molar-refractivity contribution in [1.29, 1.82) is 0 Å². The highest BCUT2D eigenvalue weighted by Crippen LogP contribution is 2.33. The molecule has 0 bridgehead atoms. The molecular formula is C23H24N2O4. The number of hydrogen-bond donors (Lipinski definition) is 1. The van der Waals surface area contributed by atoms with Gasteiger partial charge in [-0.05, 0) is 67.8 Å². The van der Waals surface area contributed by atoms with Crippen LogP contribution in [-0.2, 0) is 13.1 Å². The van der Waals surface area contributed by atoms with Crippen molar-refractivity contribution in [1.82, 2.24) is 4.90 Å². The summed E-state index contributed by atoms with van der Waals surface area (Å²) in [5.74, 6) is 2.98. The standard InChI is InChI=1S/C23H24N2O4/c1-15-5-4-6-20(17(15)3)24-23(26)25(13-19-9-7-16(2)29-19)12-18-8-10-21-22(11-18)28-14-27-21/h4-11H,12-14H2,1-3H3,(H,24,26). The first-order valence-electron chi connectivity index (χ1n) is 9.55. The number of anilines is 1. The maximum atomic E-state index is 13.1. The van der Waals surface area contributed by atoms with Crippen LogP contribution in [-0.4, -0.2) is 17.7 Å². The van der Waals surface area contributed by atoms with E-state index in [1.165, 1.54) is 0 Å². The molecule has 1 N–H and O–H groups in total. The molecule has 0 saturated heterocycles. The number of amides is 2. The summed E-state index contributed by atoms with van der Waals surface area (Å²) in [6.07, 6.45) is 0. The molecule has 2 heterocycles. The number of nitrogens with one attached hydrogen (secondary N) is 1. The summed E-state index contributed by atoms with van der Waals surface area (Å²) < 4.78 is 16.5. The number of ether oxygens (including phenoxy) is 2. The van der Waals surface area contributed by atoms with Gasteiger partial charge in [-0.2, -0.15) is 0 Å². The Hall–Kier alpha value is -3.41. The number of carbonyl (C=O) groups excluding carboxylic acids is 1. The van der Waals surface area contributed by atoms with Gasteiger partial charge in [0.1, 0.15) is 11.5 Å². The predicted octanol–water partition coefficient (Wildman–Crippen LogP) is 5.17. The molecular weight excluding hydrogens is 368 g/mol. The van der Waals surface area contributed by atoms with Crippen molar-refractivity contribution < 1.29 is 18.7 Å². The Labute approximate surface area is 170 Å². The maximum Gasteiger partial charge on any atom is 0.322 e. The van der Waals surface area contributed by atoms with Crippen LogP contribution in [0.3, 0.4) is 0 Å². The number of furan rings is 1. The zero-order valence-electron chi connectivity index (χ0n) is 16.8. The van der Waals surface area contributed by atoms with Gasteiger partial charge in [0, 0.05) is 12.2 Å². The first-order valence-corrected chi connectivity index (χ1v) is 9.55. The van der Waals surface area contributed by atoms with Gasteiger partial charge in [0.2, 0.25) is 6.79 Å². The van der Waals surface area contributed by atoms with E-state index in [2.05, 4.69) is 5.32 Å². The van der Waals surface area contributed by atoms with Crippen LogP contribution in [0.5, 0.6) is 11.5 Å². The topological polar surface area (TPSA) is 63.9 Å². The first kappa shape index (κ1) is 18.9. The lowest BCUT2D eigenvalue weighted by Gasteiger charge is -2.23. The van der Waals surface area contributed by atoms with Gasteiger partial charge in [0.15, 0.2) is 11.5 Å². The molecule has 29 heavy (non-hydrogen) atoms. The predicted molar refractivity (Wildman–Crippen MR) is 110 cm³/mol. The van der Waals surface area contributed by atoms with Crippen molar-refractivity contribution in [3.63, 3.8) is 0 Å². The Morgan fingerprint density at radius 1 is 1.00 bits per heavy atom. The normalized spacial score (nSPS) is 12.1. The Kier molecular flexibility index (Phi) is 5.16. The zero-order valence-corrected chi connectivity index (χ0v) is 16.8. The van der Waals surface area contributed by atoms with Gasteiger partial charge in [0.25, 0.3) is 0 Å². The molecule has 0 atom stereocenters. The molecule has 0 aliphatic carbocycles. The van der Waals surface area contributed by atoms with Crippen molar-refractivity contribution >= 4 is 11.7 Å². The Morgan fingerprint density at radius 2 is 1.83 bits per heavy atom. The lowest BCUT2D eigenvalue weighted by Crippen LogP contribution is -2.34. The van der Waals surface area contributed by atoms with Crippen LogP contribution in [0.1, 0.15) is 28.2 Å². The molecule has 4 rings (SSSR count). The molecule has 0 unspecified atom stereocenters. The minimum Gasteiger partial charge on any atom is -0.464 e. The van der Waals surface area contributed by atoms with Crippen molar-refractivity contribution in [3.05, 3.63) is 76.7 Å². The van der Waals surface area contributed by atoms with Gasteiger partial charge in [-0.3, -0.25) is 0 Å². The Balaban J connectivity index is 1.57. The van der Waals surface area contributed by atoms with E-state index in [1.807, 2.05) is 69.3 Å². The van der Waals surface area contributed by atoms with Gasteiger partial charge in [-0.25, -0.2) is 4.79 Å². The number of rotatable bonds is 5. The van der Waals surface area contributed by atoms with E-state index in [-0.39, 0.29) is 12.8 Å². The summed E-state index contributed by atoms with van der Waals surface area (Å²) in [4.78, 5) is 14.9. The number of aryl methyl sites for hydroxylation is 2. The van der Waals surface area contributed by atoms with Crippen LogP contribution in [0.15, 0.2) is 52.9 Å². The second-order valence-corrected chi connectivity index (χ2v) is 7.23. The average molecular weight is 392 g/mol. The molecule has 0 fully saturated rings. The van der Waals surface area contributed by atoms with E-state index < -0.39 is 0 Å². The fraction of sp³-hybridized carbons (Fsp3) is 0.261. The summed E-state index contributed by atoms with van der Waals surface area (Å²) in [6, 6.07) is 15.2. The van der Waals surface area contributed by atoms with Gasteiger partial charge >= 0.3 is 6.03 Å². The van der Waals surface area contributed by atoms with Gasteiger partial charge in [-0.1, -0.05) is 18.2 Å². The molecule has 2 amide bonds. The third kappa shape index (κ3) is 4.21. The fourth-order valence-corrected chi connectivity index (χ4v) is 3.30. The summed E-state index contributed by atoms with van der Waals surface area (Å²) in [5, 5.41) is 3.04. The molecule has 3 aromatic rings. The molecule has 1 aromatic heterocycles. The zero-order chi connectivity index (χ0) is 20.4. The quantitative estimate of drug-likeness (QED) is 0.651. The monoisotopic (exact) mass is 392 g/mol. The fourth-order valence-electron chi connectivity index (χ4n) is 3.30. The highest BCUT2D eigenvalue weighted by atomic mass is 16.7. The van der Waals surface area contributed by atoms with Crippen LogP contribution in [0.25, 0.3) is 0 Å². The smallest absolute Gasteiger partial charge is 0.322 e. The van der Waals surface area contributed by atoms with Crippen molar-refractivity contribution in [3.8, 4) is 11.5 Å². The lowest BCUT2D eigenvalue weighted by molar-refractivity contribution is 0.174. The number of fused-ring (bicyclic) bond motifs is 1. The molecule has 0 spiro atoms. The molecule has 6 heteroatoms. The van der Waals surface area contributed by atoms with Crippen LogP contribution >= 0.6 is 0 Å². The van der Waals surface area contributed by atoms with E-state index in [4.69, 9.17) is 13.9 Å². The Morgan fingerprint density at radius 3 is 2.62 bits per heavy atom. The van der Waals surface area contributed by atoms with E-state index in [9.17, 15) is 4.79 Å². The molecule has 150 valence electrons. The maximum absolute atomic E-state index is 13.1. The van der Waals surface area contributed by atoms with E-state index in [1.54, 1.807) is 4.90 Å². The molecule has 1 aliphatic heterocycles. The highest BCUT2D eigenvalue weighted by molar-refractivity contribution is 5.90.